The molecule has 16 atom stereocenters. The lowest BCUT2D eigenvalue weighted by Crippen LogP contribution is -2.85. The normalized spacial score (nSPS) is 45.1. The Kier molecular flexibility index (Phi) is 12.1. The van der Waals surface area contributed by atoms with Gasteiger partial charge in [0.05, 0.1) is 35.9 Å². The highest BCUT2D eigenvalue weighted by atomic mass is 16.7. The number of nitrogens with one attached hydrogen (secondary N) is 1. The molecule has 1 aromatic carbocycles. The monoisotopic (exact) mass is 1060 g/mol. The SMILES string of the molecule is C=C1C(=O)[C@]23[C@H](OC(=O)C4CCN(C(=O)c5ccc(C)cc5)CC4)[C@H]1CC[C@H]2[C@@]12CO[C@@]3(O)[C@@H](O)[C@@H]1C(C)(C)CCC2=O.C=C1C(=O)[C@]23[C@H](OC(=O)C4CCNCC4)[C@H]1CC[C@H]2[C@@]12CO[C@@]3(O)[C@@H](O)[C@@H]1C(C)(C)CCC2=O. The first kappa shape index (κ1) is 53.2. The molecule has 8 aliphatic carbocycles. The lowest BCUT2D eigenvalue weighted by atomic mass is 9.36. The fourth-order valence-corrected chi connectivity index (χ4v) is 19.2. The van der Waals surface area contributed by atoms with Gasteiger partial charge in [-0.15, -0.1) is 0 Å². The van der Waals surface area contributed by atoms with Gasteiger partial charge in [0, 0.05) is 55.2 Å². The van der Waals surface area contributed by atoms with E-state index in [1.165, 1.54) is 0 Å². The fraction of sp³-hybridized carbons (Fsp3) is 0.717. The lowest BCUT2D eigenvalue weighted by Gasteiger charge is -2.73. The van der Waals surface area contributed by atoms with Gasteiger partial charge in [-0.25, -0.2) is 0 Å². The Hall–Kier alpha value is -4.49. The number of amides is 1. The molecule has 14 aliphatic rings. The molecule has 17 heteroatoms. The van der Waals surface area contributed by atoms with E-state index in [2.05, 4.69) is 18.5 Å². The molecule has 1 aromatic rings. The second-order valence-electron chi connectivity index (χ2n) is 26.8. The number of carbonyl (C=O) groups is 7. The molecule has 0 unspecified atom stereocenters. The number of fused-ring (bicyclic) bond motifs is 4. The van der Waals surface area contributed by atoms with Crippen LogP contribution in [-0.4, -0.2) is 142 Å². The van der Waals surface area contributed by atoms with Crippen molar-refractivity contribution < 1.29 is 72.9 Å². The minimum absolute atomic E-state index is 0.0193. The average molecular weight is 1070 g/mol. The number of benzene rings is 1. The summed E-state index contributed by atoms with van der Waals surface area (Å²) in [6.45, 7) is 20.2. The Balaban J connectivity index is 0.000000159. The van der Waals surface area contributed by atoms with E-state index in [9.17, 15) is 54.0 Å². The molecule has 14 fully saturated rings. The summed E-state index contributed by atoms with van der Waals surface area (Å²) < 4.78 is 24.4. The van der Waals surface area contributed by atoms with Crippen LogP contribution in [0, 0.1) is 86.8 Å². The molecular weight excluding hydrogens is 989 g/mol. The Bertz CT molecular complexity index is 2780. The molecule has 17 nitrogen and oxygen atoms in total. The van der Waals surface area contributed by atoms with Gasteiger partial charge in [-0.3, -0.25) is 33.6 Å². The Morgan fingerprint density at radius 1 is 0.636 bits per heavy atom. The van der Waals surface area contributed by atoms with Crippen molar-refractivity contribution in [3.63, 3.8) is 0 Å². The summed E-state index contributed by atoms with van der Waals surface area (Å²) in [4.78, 5) is 97.7. The van der Waals surface area contributed by atoms with Crippen molar-refractivity contribution in [3.05, 3.63) is 59.7 Å². The average Bonchev–Trinajstić information content (AvgIpc) is 3.88. The first-order valence-corrected chi connectivity index (χ1v) is 28.4. The number of aliphatic hydroxyl groups is 4. The first-order chi connectivity index (χ1) is 36.3. The number of nitrogens with zero attached hydrogens (tertiary/aromatic N) is 1. The summed E-state index contributed by atoms with van der Waals surface area (Å²) in [5.41, 5.74) is -4.46. The highest BCUT2D eigenvalue weighted by molar-refractivity contribution is 6.07. The van der Waals surface area contributed by atoms with Crippen LogP contribution in [0.1, 0.15) is 121 Å². The third kappa shape index (κ3) is 6.56. The third-order valence-electron chi connectivity index (χ3n) is 22.8. The van der Waals surface area contributed by atoms with Gasteiger partial charge in [0.25, 0.3) is 5.91 Å². The van der Waals surface area contributed by atoms with Crippen molar-refractivity contribution in [2.24, 2.45) is 79.8 Å². The van der Waals surface area contributed by atoms with Crippen molar-refractivity contribution in [2.75, 3.05) is 39.4 Å². The second-order valence-corrected chi connectivity index (χ2v) is 26.8. The molecule has 6 heterocycles. The van der Waals surface area contributed by atoms with Gasteiger partial charge in [0.15, 0.2) is 11.6 Å². The van der Waals surface area contributed by atoms with Crippen LogP contribution in [0.15, 0.2) is 48.6 Å². The van der Waals surface area contributed by atoms with Crippen molar-refractivity contribution in [3.8, 4) is 0 Å². The summed E-state index contributed by atoms with van der Waals surface area (Å²) in [7, 11) is 0. The summed E-state index contributed by atoms with van der Waals surface area (Å²) in [5, 5.41) is 51.3. The Morgan fingerprint density at radius 3 is 1.48 bits per heavy atom. The van der Waals surface area contributed by atoms with Gasteiger partial charge < -0.3 is 49.6 Å². The van der Waals surface area contributed by atoms with Gasteiger partial charge >= 0.3 is 11.9 Å². The molecule has 15 rings (SSSR count). The highest BCUT2D eigenvalue weighted by Gasteiger charge is 2.90. The molecule has 8 bridgehead atoms. The smallest absolute Gasteiger partial charge is 0.309 e. The lowest BCUT2D eigenvalue weighted by molar-refractivity contribution is -0.437. The molecule has 416 valence electrons. The van der Waals surface area contributed by atoms with E-state index in [0.717, 1.165) is 5.56 Å². The van der Waals surface area contributed by atoms with E-state index in [0.29, 0.717) is 114 Å². The zero-order chi connectivity index (χ0) is 54.9. The summed E-state index contributed by atoms with van der Waals surface area (Å²) in [6.07, 6.45) is 0.876. The predicted molar refractivity (Wildman–Crippen MR) is 272 cm³/mol. The van der Waals surface area contributed by atoms with E-state index < -0.39 is 127 Å². The maximum atomic E-state index is 14.3. The minimum Gasteiger partial charge on any atom is -0.460 e. The Labute approximate surface area is 449 Å². The number of aliphatic hydroxyl groups excluding tert-OH is 2. The van der Waals surface area contributed by atoms with Crippen LogP contribution in [0.4, 0.5) is 0 Å². The predicted octanol–water partition coefficient (Wildman–Crippen LogP) is 4.13. The number of likely N-dealkylation sites (tertiary alicyclic amines) is 1. The number of carbonyl (C=O) groups excluding carboxylic acids is 7. The Morgan fingerprint density at radius 2 is 1.05 bits per heavy atom. The van der Waals surface area contributed by atoms with E-state index in [4.69, 9.17) is 18.9 Å². The standard InChI is InChI=1S/C34H41NO8.C26H35NO7/c1-18-5-7-20(8-6-18)29(39)35-15-12-21(13-16-35)30(40)43-28-22-9-10-23-32-17-42-34(41,33(23,28)26(37)19(22)2)27(38)25(32)31(3,4)14-11-24(32)36;1-13-15-4-5-16-24-12-33-26(32,20(30)18(24)23(2,3)9-6-17(24)28)25(16,19(13)29)21(15)34-22(31)14-7-10-27-11-8-14/h5-8,21-23,25,27-28,38,41H,2,9-17H2,1,3-4H3;14-16,18,20-21,27,30,32H,1,4-12H2,2-3H3/t22-,23-,25+,27-,28+,32+,33-,34-;15-,16-,18+,20-,21+,24+,25-,26-/m00/s1. The fourth-order valence-electron chi connectivity index (χ4n) is 19.2. The van der Waals surface area contributed by atoms with Gasteiger partial charge in [-0.05, 0) is 130 Å². The number of ketones is 4. The second kappa shape index (κ2) is 17.5. The van der Waals surface area contributed by atoms with Crippen LogP contribution in [0.25, 0.3) is 0 Å². The number of aryl methyl sites for hydroxylation is 1. The summed E-state index contributed by atoms with van der Waals surface area (Å²) >= 11 is 0. The number of ether oxygens (including phenoxy) is 4. The maximum Gasteiger partial charge on any atom is 0.309 e. The van der Waals surface area contributed by atoms with Crippen molar-refractivity contribution >= 4 is 41.0 Å². The number of hydrogen-bond donors (Lipinski definition) is 5. The molecule has 5 N–H and O–H groups in total. The van der Waals surface area contributed by atoms with Crippen LogP contribution in [0.5, 0.6) is 0 Å². The molecule has 0 aromatic heterocycles. The van der Waals surface area contributed by atoms with Crippen LogP contribution in [0.2, 0.25) is 0 Å². The van der Waals surface area contributed by atoms with E-state index in [1.807, 2.05) is 46.8 Å². The zero-order valence-electron chi connectivity index (χ0n) is 45.1. The van der Waals surface area contributed by atoms with Crippen LogP contribution in [-0.2, 0) is 47.7 Å². The molecule has 0 radical (unpaired) electrons. The first-order valence-electron chi connectivity index (χ1n) is 28.4. The van der Waals surface area contributed by atoms with Gasteiger partial charge in [-0.2, -0.15) is 0 Å². The molecule has 6 saturated heterocycles. The third-order valence-corrected chi connectivity index (χ3v) is 22.8. The quantitative estimate of drug-likeness (QED) is 0.205. The minimum atomic E-state index is -2.32. The van der Waals surface area contributed by atoms with Crippen molar-refractivity contribution in [1.29, 1.82) is 0 Å². The molecular formula is C60H76N2O15. The molecule has 4 spiro atoms. The summed E-state index contributed by atoms with van der Waals surface area (Å²) in [6, 6.07) is 7.40. The van der Waals surface area contributed by atoms with E-state index >= 15 is 0 Å². The van der Waals surface area contributed by atoms with Gasteiger partial charge in [-0.1, -0.05) is 58.5 Å². The van der Waals surface area contributed by atoms with Crippen LogP contribution < -0.4 is 5.32 Å². The number of Topliss-reactive ketones (excluding diaryl/α,β-unsaturated/α-hetero) is 4. The molecule has 8 saturated carbocycles. The van der Waals surface area contributed by atoms with Crippen molar-refractivity contribution in [2.45, 2.75) is 148 Å². The van der Waals surface area contributed by atoms with E-state index in [-0.39, 0.29) is 48.1 Å². The highest BCUT2D eigenvalue weighted by Crippen LogP contribution is 2.78. The number of esters is 2. The van der Waals surface area contributed by atoms with Gasteiger partial charge in [0.2, 0.25) is 11.6 Å². The largest absolute Gasteiger partial charge is 0.460 e. The van der Waals surface area contributed by atoms with Crippen LogP contribution in [0.3, 0.4) is 0 Å². The number of piperidine rings is 2. The topological polar surface area (TPSA) is 253 Å². The van der Waals surface area contributed by atoms with Crippen LogP contribution >= 0.6 is 0 Å². The molecule has 6 aliphatic heterocycles. The zero-order valence-corrected chi connectivity index (χ0v) is 45.1. The number of rotatable bonds is 5. The van der Waals surface area contributed by atoms with E-state index in [1.54, 1.807) is 17.0 Å². The molecule has 77 heavy (non-hydrogen) atoms. The molecule has 1 amide bonds. The maximum absolute atomic E-state index is 14.3. The van der Waals surface area contributed by atoms with Gasteiger partial charge in [0.1, 0.15) is 46.8 Å². The van der Waals surface area contributed by atoms with Crippen molar-refractivity contribution in [1.82, 2.24) is 10.2 Å². The number of hydrogen-bond acceptors (Lipinski definition) is 16. The summed E-state index contributed by atoms with van der Waals surface area (Å²) in [5.74, 6) is -10.6.